The van der Waals surface area contributed by atoms with Crippen LogP contribution in [-0.2, 0) is 5.41 Å². The predicted molar refractivity (Wildman–Crippen MR) is 314 cm³/mol. The topological polar surface area (TPSA) is 35.5 Å². The lowest BCUT2D eigenvalue weighted by atomic mass is 9.62. The highest BCUT2D eigenvalue weighted by atomic mass is 15.3. The molecule has 76 heavy (non-hydrogen) atoms. The maximum absolute atomic E-state index is 5.53. The molecule has 2 heterocycles. The van der Waals surface area contributed by atoms with E-state index in [1.807, 2.05) is 24.3 Å². The molecule has 13 rings (SSSR count). The van der Waals surface area contributed by atoms with Gasteiger partial charge in [0.1, 0.15) is 0 Å². The van der Waals surface area contributed by atoms with Crippen LogP contribution in [0, 0.1) is 0 Å². The van der Waals surface area contributed by atoms with Crippen LogP contribution in [0.1, 0.15) is 22.3 Å². The number of rotatable bonds is 12. The number of hydrogen-bond donors (Lipinski definition) is 0. The van der Waals surface area contributed by atoms with E-state index in [0.29, 0.717) is 5.82 Å². The van der Waals surface area contributed by atoms with E-state index in [1.54, 1.807) is 0 Å². The quantitative estimate of drug-likeness (QED) is 0.122. The monoisotopic (exact) mass is 973 g/mol. The summed E-state index contributed by atoms with van der Waals surface area (Å²) < 4.78 is 0. The molecular weight excluding hydrogens is 923 g/mol. The van der Waals surface area contributed by atoms with Crippen molar-refractivity contribution in [3.63, 3.8) is 0 Å². The summed E-state index contributed by atoms with van der Waals surface area (Å²) in [5.41, 5.74) is 17.5. The first-order valence-corrected chi connectivity index (χ1v) is 25.8. The van der Waals surface area contributed by atoms with Crippen molar-refractivity contribution in [1.29, 1.82) is 0 Å². The van der Waals surface area contributed by atoms with Crippen LogP contribution < -0.4 is 14.7 Å². The van der Waals surface area contributed by atoms with Crippen molar-refractivity contribution in [2.45, 2.75) is 5.41 Å². The Morgan fingerprint density at radius 2 is 0.605 bits per heavy atom. The van der Waals surface area contributed by atoms with Crippen molar-refractivity contribution in [3.8, 4) is 33.9 Å². The van der Waals surface area contributed by atoms with E-state index in [9.17, 15) is 0 Å². The van der Waals surface area contributed by atoms with Crippen LogP contribution in [0.2, 0.25) is 0 Å². The normalized spacial score (nSPS) is 12.3. The molecule has 360 valence electrons. The Bertz CT molecular complexity index is 3590. The fourth-order valence-electron chi connectivity index (χ4n) is 11.2. The Balaban J connectivity index is 1.21. The molecule has 0 saturated carbocycles. The first-order chi connectivity index (χ1) is 37.7. The molecule has 0 bridgehead atoms. The fraction of sp³-hybridized carbons (Fsp3) is 0.0141. The number of para-hydroxylation sites is 6. The van der Waals surface area contributed by atoms with Crippen LogP contribution in [0.25, 0.3) is 33.9 Å². The second-order valence-corrected chi connectivity index (χ2v) is 18.9. The molecule has 0 N–H and O–H groups in total. The van der Waals surface area contributed by atoms with Crippen LogP contribution in [0.15, 0.2) is 309 Å². The molecule has 5 nitrogen and oxygen atoms in total. The number of aromatic nitrogens is 2. The van der Waals surface area contributed by atoms with Crippen molar-refractivity contribution >= 4 is 51.2 Å². The first-order valence-electron chi connectivity index (χ1n) is 25.8. The van der Waals surface area contributed by atoms with Crippen molar-refractivity contribution < 1.29 is 0 Å². The van der Waals surface area contributed by atoms with E-state index < -0.39 is 5.41 Å². The van der Waals surface area contributed by atoms with Gasteiger partial charge in [-0.15, -0.1) is 0 Å². The Labute approximate surface area is 444 Å². The molecule has 0 spiro atoms. The largest absolute Gasteiger partial charge is 0.308 e. The minimum Gasteiger partial charge on any atom is -0.308 e. The highest BCUT2D eigenvalue weighted by Crippen LogP contribution is 2.62. The van der Waals surface area contributed by atoms with Crippen molar-refractivity contribution in [2.75, 3.05) is 14.7 Å². The van der Waals surface area contributed by atoms with E-state index in [4.69, 9.17) is 9.97 Å². The van der Waals surface area contributed by atoms with Crippen molar-refractivity contribution in [3.05, 3.63) is 332 Å². The third kappa shape index (κ3) is 8.17. The van der Waals surface area contributed by atoms with Gasteiger partial charge in [-0.1, -0.05) is 231 Å². The highest BCUT2D eigenvalue weighted by molar-refractivity contribution is 6.05. The lowest BCUT2D eigenvalue weighted by Crippen LogP contribution is -2.38. The Morgan fingerprint density at radius 3 is 1.00 bits per heavy atom. The Morgan fingerprint density at radius 1 is 0.289 bits per heavy atom. The van der Waals surface area contributed by atoms with Crippen LogP contribution in [0.3, 0.4) is 0 Å². The maximum atomic E-state index is 5.53. The van der Waals surface area contributed by atoms with Crippen molar-refractivity contribution in [2.24, 2.45) is 0 Å². The number of fused-ring (bicyclic) bond motifs is 2. The summed E-state index contributed by atoms with van der Waals surface area (Å²) >= 11 is 0. The zero-order valence-corrected chi connectivity index (χ0v) is 41.7. The van der Waals surface area contributed by atoms with Gasteiger partial charge in [-0.3, -0.25) is 0 Å². The molecule has 1 aromatic heterocycles. The van der Waals surface area contributed by atoms with Crippen LogP contribution in [0.5, 0.6) is 0 Å². The number of anilines is 9. The molecule has 5 heteroatoms. The Kier molecular flexibility index (Phi) is 12.1. The van der Waals surface area contributed by atoms with Gasteiger partial charge in [0.15, 0.2) is 5.82 Å². The summed E-state index contributed by atoms with van der Waals surface area (Å²) in [6, 6.07) is 111. The lowest BCUT2D eigenvalue weighted by molar-refractivity contribution is 0.731. The predicted octanol–water partition coefficient (Wildman–Crippen LogP) is 18.6. The minimum atomic E-state index is -0.688. The molecule has 0 fully saturated rings. The van der Waals surface area contributed by atoms with Crippen LogP contribution in [-0.4, -0.2) is 9.97 Å². The molecule has 0 saturated heterocycles. The van der Waals surface area contributed by atoms with Gasteiger partial charge in [-0.25, -0.2) is 9.97 Å². The first kappa shape index (κ1) is 45.7. The number of benzene rings is 11. The van der Waals surface area contributed by atoms with E-state index in [0.717, 1.165) is 79.3 Å². The zero-order chi connectivity index (χ0) is 50.7. The molecule has 0 radical (unpaired) electrons. The highest BCUT2D eigenvalue weighted by Gasteiger charge is 2.47. The third-order valence-electron chi connectivity index (χ3n) is 14.5. The summed E-state index contributed by atoms with van der Waals surface area (Å²) in [6.45, 7) is 0. The van der Waals surface area contributed by atoms with E-state index in [-0.39, 0.29) is 0 Å². The average Bonchev–Trinajstić information content (AvgIpc) is 3.55. The molecule has 0 atom stereocenters. The maximum Gasteiger partial charge on any atom is 0.160 e. The molecule has 11 aromatic carbocycles. The average molecular weight is 974 g/mol. The van der Waals surface area contributed by atoms with Gasteiger partial charge in [-0.05, 0) is 101 Å². The van der Waals surface area contributed by atoms with Crippen molar-refractivity contribution in [1.82, 2.24) is 9.97 Å². The van der Waals surface area contributed by atoms with Gasteiger partial charge in [0, 0.05) is 39.4 Å². The molecule has 1 aliphatic heterocycles. The van der Waals surface area contributed by atoms with E-state index in [1.165, 1.54) is 22.3 Å². The number of nitrogens with zero attached hydrogens (tertiary/aromatic N) is 5. The van der Waals surface area contributed by atoms with E-state index >= 15 is 0 Å². The number of hydrogen-bond acceptors (Lipinski definition) is 5. The standard InChI is InChI=1S/C71H51N5/c1-9-29-52(30-10-1)63-51-64(73-70(72-63)53-31-11-2-12-32-53)54-49-67(74(57-37-17-5-18-38-57)58-39-19-6-20-40-58)69(68(50-54)75(59-41-21-7-22-42-59)60-43-23-8-24-44-60)76-65-47-27-25-45-61(65)71(55-33-13-3-14-34-55,56-35-15-4-16-36-56)62-46-26-28-48-66(62)76/h1-51H. The molecule has 12 aromatic rings. The minimum absolute atomic E-state index is 0.645. The SMILES string of the molecule is c1ccc(-c2cc(-c3cc(N(c4ccccc4)c4ccccc4)c(N4c5ccccc5C(c5ccccc5)(c5ccccc5)c5ccccc54)c(N(c4ccccc4)c4ccccc4)c3)nc(-c3ccccc3)n2)cc1. The van der Waals surface area contributed by atoms with Crippen LogP contribution >= 0.6 is 0 Å². The second kappa shape index (κ2) is 20.1. The van der Waals surface area contributed by atoms with Gasteiger partial charge in [0.05, 0.1) is 45.2 Å². The summed E-state index contributed by atoms with van der Waals surface area (Å²) in [5, 5.41) is 0. The smallest absolute Gasteiger partial charge is 0.160 e. The van der Waals surface area contributed by atoms with Gasteiger partial charge < -0.3 is 14.7 Å². The summed E-state index contributed by atoms with van der Waals surface area (Å²) in [4.78, 5) is 18.2. The van der Waals surface area contributed by atoms with Gasteiger partial charge in [-0.2, -0.15) is 0 Å². The van der Waals surface area contributed by atoms with Gasteiger partial charge >= 0.3 is 0 Å². The molecular formula is C71H51N5. The summed E-state index contributed by atoms with van der Waals surface area (Å²) in [6.07, 6.45) is 0. The fourth-order valence-corrected chi connectivity index (χ4v) is 11.2. The van der Waals surface area contributed by atoms with E-state index in [2.05, 4.69) is 300 Å². The summed E-state index contributed by atoms with van der Waals surface area (Å²) in [7, 11) is 0. The second-order valence-electron chi connectivity index (χ2n) is 18.9. The lowest BCUT2D eigenvalue weighted by Gasteiger charge is -2.48. The van der Waals surface area contributed by atoms with Gasteiger partial charge in [0.2, 0.25) is 0 Å². The Hall–Kier alpha value is -10.1. The third-order valence-corrected chi connectivity index (χ3v) is 14.5. The molecule has 1 aliphatic rings. The molecule has 0 aliphatic carbocycles. The summed E-state index contributed by atoms with van der Waals surface area (Å²) in [5.74, 6) is 0.645. The molecule has 0 amide bonds. The van der Waals surface area contributed by atoms with Crippen LogP contribution in [0.4, 0.5) is 51.2 Å². The molecule has 0 unspecified atom stereocenters. The zero-order valence-electron chi connectivity index (χ0n) is 41.7. The van der Waals surface area contributed by atoms with Gasteiger partial charge in [0.25, 0.3) is 0 Å².